The van der Waals surface area contributed by atoms with Crippen molar-refractivity contribution in [3.63, 3.8) is 0 Å². The molecule has 2 aliphatic rings. The number of carbonyl (C=O) groups excluding carboxylic acids is 2. The number of nitrogens with zero attached hydrogens (tertiary/aromatic N) is 3. The predicted molar refractivity (Wildman–Crippen MR) is 157 cm³/mol. The van der Waals surface area contributed by atoms with Gasteiger partial charge in [-0.3, -0.25) is 19.2 Å². The van der Waals surface area contributed by atoms with E-state index in [2.05, 4.69) is 20.6 Å². The van der Waals surface area contributed by atoms with E-state index in [1.54, 1.807) is 17.0 Å². The van der Waals surface area contributed by atoms with Crippen LogP contribution in [0.15, 0.2) is 58.4 Å². The van der Waals surface area contributed by atoms with Crippen LogP contribution in [0.5, 0.6) is 0 Å². The van der Waals surface area contributed by atoms with Crippen LogP contribution >= 0.6 is 0 Å². The number of nitrogens with one attached hydrogen (secondary N) is 2. The van der Waals surface area contributed by atoms with Gasteiger partial charge in [-0.15, -0.1) is 0 Å². The van der Waals surface area contributed by atoms with Gasteiger partial charge in [0.15, 0.2) is 0 Å². The van der Waals surface area contributed by atoms with Gasteiger partial charge in [0.1, 0.15) is 29.1 Å². The maximum Gasteiger partial charge on any atom is 0.335 e. The third-order valence-corrected chi connectivity index (χ3v) is 8.07. The number of anilines is 3. The van der Waals surface area contributed by atoms with Crippen LogP contribution in [0.3, 0.4) is 0 Å². The summed E-state index contributed by atoms with van der Waals surface area (Å²) in [5, 5.41) is 15.0. The fourth-order valence-electron chi connectivity index (χ4n) is 5.80. The van der Waals surface area contributed by atoms with Crippen molar-refractivity contribution in [3.05, 3.63) is 108 Å². The summed E-state index contributed by atoms with van der Waals surface area (Å²) >= 11 is 0. The van der Waals surface area contributed by atoms with E-state index >= 15 is 0 Å². The Kier molecular flexibility index (Phi) is 7.18. The average molecular weight is 581 g/mol. The number of rotatable bonds is 7. The number of hydrogen-bond acceptors (Lipinski definition) is 9. The Balaban J connectivity index is 1.13. The van der Waals surface area contributed by atoms with Crippen LogP contribution in [0, 0.1) is 0 Å². The van der Waals surface area contributed by atoms with Gasteiger partial charge in [0.05, 0.1) is 11.6 Å². The second-order valence-corrected chi connectivity index (χ2v) is 10.7. The molecule has 6 rings (SSSR count). The van der Waals surface area contributed by atoms with Crippen molar-refractivity contribution in [2.45, 2.75) is 44.7 Å². The van der Waals surface area contributed by atoms with Gasteiger partial charge >= 0.3 is 5.97 Å². The molecule has 3 aromatic carbocycles. The fraction of sp³-hybridized carbons (Fsp3) is 0.258. The third-order valence-electron chi connectivity index (χ3n) is 8.07. The lowest BCUT2D eigenvalue weighted by atomic mass is 10.0. The molecule has 2 heterocycles. The first-order valence-corrected chi connectivity index (χ1v) is 14.0. The summed E-state index contributed by atoms with van der Waals surface area (Å²) < 4.78 is 0. The number of carbonyl (C=O) groups is 3. The van der Waals surface area contributed by atoms with Gasteiger partial charge in [-0.05, 0) is 72.6 Å². The third kappa shape index (κ3) is 5.23. The SMILES string of the molecule is Nc1c(N2CCCCc3ccc(CNC(=O)c4cc(C(=O)N[C@H]5CCc6cc(C(=O)O)ccc65)ncn4)cc32)c(=O)c1=O. The Labute approximate surface area is 245 Å². The molecule has 4 aromatic rings. The first kappa shape index (κ1) is 27.8. The number of aromatic nitrogens is 2. The molecular formula is C31H28N6O6. The van der Waals surface area contributed by atoms with E-state index in [9.17, 15) is 29.1 Å². The van der Waals surface area contributed by atoms with E-state index in [0.717, 1.165) is 53.5 Å². The monoisotopic (exact) mass is 580 g/mol. The highest BCUT2D eigenvalue weighted by atomic mass is 16.4. The number of aryl methyl sites for hydroxylation is 2. The van der Waals surface area contributed by atoms with Crippen LogP contribution in [0.4, 0.5) is 17.1 Å². The highest BCUT2D eigenvalue weighted by molar-refractivity contribution is 5.97. The molecule has 0 saturated carbocycles. The number of aromatic carboxylic acids is 1. The van der Waals surface area contributed by atoms with Crippen molar-refractivity contribution >= 4 is 34.8 Å². The maximum absolute atomic E-state index is 13.0. The zero-order chi connectivity index (χ0) is 30.2. The summed E-state index contributed by atoms with van der Waals surface area (Å²) in [5.41, 5.74) is 9.39. The molecule has 0 spiro atoms. The molecular weight excluding hydrogens is 552 g/mol. The molecule has 1 aromatic heterocycles. The van der Waals surface area contributed by atoms with Gasteiger partial charge in [0, 0.05) is 24.8 Å². The minimum atomic E-state index is -1.00. The van der Waals surface area contributed by atoms with Gasteiger partial charge in [0.2, 0.25) is 0 Å². The van der Waals surface area contributed by atoms with Gasteiger partial charge in [-0.2, -0.15) is 0 Å². The van der Waals surface area contributed by atoms with Crippen LogP contribution in [0.1, 0.15) is 78.9 Å². The molecule has 12 nitrogen and oxygen atoms in total. The van der Waals surface area contributed by atoms with Crippen molar-refractivity contribution in [3.8, 4) is 0 Å². The Morgan fingerprint density at radius 1 is 0.930 bits per heavy atom. The summed E-state index contributed by atoms with van der Waals surface area (Å²) in [6.07, 6.45) is 4.99. The Morgan fingerprint density at radius 2 is 1.72 bits per heavy atom. The van der Waals surface area contributed by atoms with Crippen molar-refractivity contribution in [2.24, 2.45) is 0 Å². The van der Waals surface area contributed by atoms with Crippen molar-refractivity contribution < 1.29 is 19.5 Å². The van der Waals surface area contributed by atoms with E-state index in [-0.39, 0.29) is 40.9 Å². The smallest absolute Gasteiger partial charge is 0.335 e. The maximum atomic E-state index is 13.0. The molecule has 218 valence electrons. The molecule has 1 aliphatic heterocycles. The van der Waals surface area contributed by atoms with Crippen molar-refractivity contribution in [1.82, 2.24) is 20.6 Å². The van der Waals surface area contributed by atoms with Gasteiger partial charge in [-0.1, -0.05) is 18.2 Å². The summed E-state index contributed by atoms with van der Waals surface area (Å²) in [6, 6.07) is 11.6. The zero-order valence-corrected chi connectivity index (χ0v) is 23.1. The molecule has 0 radical (unpaired) electrons. The molecule has 2 amide bonds. The number of carboxylic acid groups (broad SMARTS) is 1. The topological polar surface area (TPSA) is 185 Å². The molecule has 12 heteroatoms. The fourth-order valence-corrected chi connectivity index (χ4v) is 5.80. The predicted octanol–water partition coefficient (Wildman–Crippen LogP) is 2.17. The van der Waals surface area contributed by atoms with Gasteiger partial charge < -0.3 is 26.4 Å². The summed E-state index contributed by atoms with van der Waals surface area (Å²) in [6.45, 7) is 0.712. The van der Waals surface area contributed by atoms with Crippen LogP contribution in [-0.2, 0) is 19.4 Å². The second kappa shape index (κ2) is 11.1. The molecule has 0 bridgehead atoms. The van der Waals surface area contributed by atoms with E-state index in [1.165, 1.54) is 12.1 Å². The summed E-state index contributed by atoms with van der Waals surface area (Å²) in [7, 11) is 0. The van der Waals surface area contributed by atoms with Gasteiger partial charge in [0.25, 0.3) is 22.7 Å². The minimum Gasteiger partial charge on any atom is -0.478 e. The van der Waals surface area contributed by atoms with E-state index in [4.69, 9.17) is 5.73 Å². The number of fused-ring (bicyclic) bond motifs is 2. The highest BCUT2D eigenvalue weighted by Crippen LogP contribution is 2.35. The van der Waals surface area contributed by atoms with Crippen LogP contribution < -0.4 is 32.1 Å². The second-order valence-electron chi connectivity index (χ2n) is 10.7. The Bertz CT molecular complexity index is 1860. The molecule has 43 heavy (non-hydrogen) atoms. The molecule has 0 saturated heterocycles. The molecule has 0 fully saturated rings. The average Bonchev–Trinajstić information content (AvgIpc) is 3.31. The minimum absolute atomic E-state index is 0.0194. The van der Waals surface area contributed by atoms with Crippen LogP contribution in [0.2, 0.25) is 0 Å². The van der Waals surface area contributed by atoms with Crippen molar-refractivity contribution in [2.75, 3.05) is 17.2 Å². The normalized spacial score (nSPS) is 15.8. The van der Waals surface area contributed by atoms with Gasteiger partial charge in [-0.25, -0.2) is 14.8 Å². The quantitative estimate of drug-likeness (QED) is 0.236. The lowest BCUT2D eigenvalue weighted by Crippen LogP contribution is -2.41. The number of hydrogen-bond donors (Lipinski definition) is 4. The molecule has 0 unspecified atom stereocenters. The molecule has 5 N–H and O–H groups in total. The number of nitrogens with two attached hydrogens (primary N) is 1. The zero-order valence-electron chi connectivity index (χ0n) is 23.1. The van der Waals surface area contributed by atoms with Crippen LogP contribution in [0.25, 0.3) is 0 Å². The lowest BCUT2D eigenvalue weighted by Gasteiger charge is -2.27. The van der Waals surface area contributed by atoms with Crippen LogP contribution in [-0.4, -0.2) is 39.4 Å². The first-order chi connectivity index (χ1) is 20.7. The highest BCUT2D eigenvalue weighted by Gasteiger charge is 2.28. The molecule has 1 atom stereocenters. The summed E-state index contributed by atoms with van der Waals surface area (Å²) in [4.78, 5) is 71.1. The van der Waals surface area contributed by atoms with E-state index in [0.29, 0.717) is 19.4 Å². The largest absolute Gasteiger partial charge is 0.478 e. The standard InChI is InChI=1S/C31H28N6O6/c32-25-26(28(39)27(25)38)37-10-2-1-3-17-5-4-16(11-24(17)37)14-33-29(40)22-13-23(35-15-34-22)30(41)36-21-9-7-18-12-19(31(42)43)6-8-20(18)21/h4-6,8,11-13,15,21H,1-3,7,9-10,14,32H2,(H,33,40)(H,36,41)(H,42,43)/t21-/m0/s1. The molecule has 1 aliphatic carbocycles. The van der Waals surface area contributed by atoms with E-state index < -0.39 is 28.6 Å². The summed E-state index contributed by atoms with van der Waals surface area (Å²) in [5.74, 6) is -1.97. The Hall–Kier alpha value is -5.39. The number of amides is 2. The number of nitrogen functional groups attached to an aromatic ring is 1. The number of benzene rings is 2. The van der Waals surface area contributed by atoms with Crippen molar-refractivity contribution in [1.29, 1.82) is 0 Å². The number of carboxylic acids is 1. The Morgan fingerprint density at radius 3 is 2.49 bits per heavy atom. The van der Waals surface area contributed by atoms with E-state index in [1.807, 2.05) is 18.2 Å². The first-order valence-electron chi connectivity index (χ1n) is 14.0. The lowest BCUT2D eigenvalue weighted by molar-refractivity contribution is 0.0696.